The summed E-state index contributed by atoms with van der Waals surface area (Å²) in [4.78, 5) is 2.41. The van der Waals surface area contributed by atoms with Crippen molar-refractivity contribution in [1.82, 2.24) is 9.62 Å². The molecule has 0 aliphatic carbocycles. The van der Waals surface area contributed by atoms with Crippen LogP contribution in [0.25, 0.3) is 0 Å². The van der Waals surface area contributed by atoms with E-state index in [1.54, 1.807) is 24.3 Å². The average molecular weight is 269 g/mol. The fourth-order valence-electron chi connectivity index (χ4n) is 2.25. The van der Waals surface area contributed by atoms with Crippen molar-refractivity contribution in [1.29, 1.82) is 0 Å². The predicted molar refractivity (Wildman–Crippen MR) is 70.6 cm³/mol. The molecule has 0 aromatic heterocycles. The first-order valence-corrected chi connectivity index (χ1v) is 7.50. The Kier molecular flexibility index (Phi) is 4.01. The quantitative estimate of drug-likeness (QED) is 0.814. The van der Waals surface area contributed by atoms with E-state index in [0.717, 1.165) is 19.5 Å². The molecule has 1 aromatic carbocycles. The van der Waals surface area contributed by atoms with Crippen LogP contribution in [0.15, 0.2) is 29.2 Å². The maximum absolute atomic E-state index is 12.3. The van der Waals surface area contributed by atoms with Gasteiger partial charge < -0.3 is 10.6 Å². The van der Waals surface area contributed by atoms with Crippen LogP contribution in [0.2, 0.25) is 0 Å². The number of hydrogen-bond acceptors (Lipinski definition) is 4. The highest BCUT2D eigenvalue weighted by Gasteiger charge is 2.26. The minimum Gasteiger partial charge on any atom is -0.326 e. The summed E-state index contributed by atoms with van der Waals surface area (Å²) >= 11 is 0. The van der Waals surface area contributed by atoms with Crippen LogP contribution in [0.4, 0.5) is 0 Å². The number of nitrogens with zero attached hydrogens (tertiary/aromatic N) is 1. The number of nitrogens with one attached hydrogen (secondary N) is 1. The van der Waals surface area contributed by atoms with Crippen LogP contribution in [-0.2, 0) is 16.6 Å². The van der Waals surface area contributed by atoms with Crippen molar-refractivity contribution in [3.63, 3.8) is 0 Å². The minimum absolute atomic E-state index is 0.00849. The van der Waals surface area contributed by atoms with Crippen molar-refractivity contribution in [2.45, 2.75) is 23.9 Å². The molecule has 0 amide bonds. The van der Waals surface area contributed by atoms with Crippen molar-refractivity contribution in [2.75, 3.05) is 20.1 Å². The number of hydrogen-bond donors (Lipinski definition) is 2. The normalized spacial score (nSPS) is 21.3. The van der Waals surface area contributed by atoms with Gasteiger partial charge in [-0.3, -0.25) is 0 Å². The van der Waals surface area contributed by atoms with Gasteiger partial charge in [0.05, 0.1) is 4.90 Å². The maximum Gasteiger partial charge on any atom is 0.241 e. The summed E-state index contributed by atoms with van der Waals surface area (Å²) in [6, 6.07) is 6.85. The summed E-state index contributed by atoms with van der Waals surface area (Å²) < 4.78 is 27.3. The van der Waals surface area contributed by atoms with Gasteiger partial charge in [0.1, 0.15) is 0 Å². The van der Waals surface area contributed by atoms with Gasteiger partial charge in [-0.25, -0.2) is 13.1 Å². The second kappa shape index (κ2) is 5.36. The number of nitrogens with two attached hydrogens (primary N) is 1. The lowest BCUT2D eigenvalue weighted by molar-refractivity contribution is 0.407. The predicted octanol–water partition coefficient (Wildman–Crippen LogP) is 0.128. The monoisotopic (exact) mass is 269 g/mol. The number of benzene rings is 1. The molecule has 0 spiro atoms. The van der Waals surface area contributed by atoms with Gasteiger partial charge >= 0.3 is 0 Å². The first kappa shape index (κ1) is 13.5. The van der Waals surface area contributed by atoms with E-state index in [1.165, 1.54) is 0 Å². The smallest absolute Gasteiger partial charge is 0.241 e. The van der Waals surface area contributed by atoms with Crippen molar-refractivity contribution >= 4 is 10.0 Å². The average Bonchev–Trinajstić information content (AvgIpc) is 2.74. The van der Waals surface area contributed by atoms with Gasteiger partial charge in [-0.2, -0.15) is 0 Å². The summed E-state index contributed by atoms with van der Waals surface area (Å²) in [6.07, 6.45) is 0.848. The lowest BCUT2D eigenvalue weighted by atomic mass is 10.2. The van der Waals surface area contributed by atoms with Gasteiger partial charge in [-0.15, -0.1) is 0 Å². The Balaban J connectivity index is 2.20. The Hall–Kier alpha value is -0.950. The van der Waals surface area contributed by atoms with Crippen LogP contribution in [-0.4, -0.2) is 39.5 Å². The molecule has 0 radical (unpaired) electrons. The standard InChI is InChI=1S/C12H19N3O2S/c1-15-7-6-11(9-15)14-18(16,17)12-5-3-2-4-10(12)8-13/h2-5,11,14H,6-9,13H2,1H3. The Morgan fingerprint density at radius 2 is 2.17 bits per heavy atom. The molecule has 3 N–H and O–H groups in total. The van der Waals surface area contributed by atoms with Crippen molar-refractivity contribution in [3.8, 4) is 0 Å². The zero-order valence-electron chi connectivity index (χ0n) is 10.5. The Morgan fingerprint density at radius 1 is 1.44 bits per heavy atom. The molecular formula is C12H19N3O2S. The molecule has 5 nitrogen and oxygen atoms in total. The second-order valence-corrected chi connectivity index (χ2v) is 6.36. The molecule has 18 heavy (non-hydrogen) atoms. The van der Waals surface area contributed by atoms with Crippen LogP contribution in [0.3, 0.4) is 0 Å². The largest absolute Gasteiger partial charge is 0.326 e. The molecule has 0 saturated carbocycles. The van der Waals surface area contributed by atoms with E-state index in [9.17, 15) is 8.42 Å². The van der Waals surface area contributed by atoms with Crippen molar-refractivity contribution < 1.29 is 8.42 Å². The molecule has 2 rings (SSSR count). The van der Waals surface area contributed by atoms with Gasteiger partial charge in [0, 0.05) is 19.1 Å². The Labute approximate surface area is 108 Å². The molecular weight excluding hydrogens is 250 g/mol. The summed E-state index contributed by atoms with van der Waals surface area (Å²) in [5.74, 6) is 0. The summed E-state index contributed by atoms with van der Waals surface area (Å²) in [7, 11) is -1.48. The SMILES string of the molecule is CN1CCC(NS(=O)(=O)c2ccccc2CN)C1. The van der Waals surface area contributed by atoms with E-state index in [-0.39, 0.29) is 12.6 Å². The van der Waals surface area contributed by atoms with E-state index in [4.69, 9.17) is 5.73 Å². The molecule has 1 fully saturated rings. The first-order chi connectivity index (χ1) is 8.53. The highest BCUT2D eigenvalue weighted by atomic mass is 32.2. The molecule has 1 aliphatic heterocycles. The van der Waals surface area contributed by atoms with E-state index < -0.39 is 10.0 Å². The van der Waals surface area contributed by atoms with Crippen molar-refractivity contribution in [3.05, 3.63) is 29.8 Å². The summed E-state index contributed by atoms with van der Waals surface area (Å²) in [6.45, 7) is 1.90. The molecule has 1 aromatic rings. The molecule has 6 heteroatoms. The van der Waals surface area contributed by atoms with Crippen LogP contribution in [0.5, 0.6) is 0 Å². The third kappa shape index (κ3) is 2.89. The molecule has 1 saturated heterocycles. The third-order valence-corrected chi connectivity index (χ3v) is 4.82. The highest BCUT2D eigenvalue weighted by Crippen LogP contribution is 2.17. The Morgan fingerprint density at radius 3 is 2.78 bits per heavy atom. The summed E-state index contributed by atoms with van der Waals surface area (Å²) in [5.41, 5.74) is 6.23. The van der Waals surface area contributed by atoms with Crippen LogP contribution in [0, 0.1) is 0 Å². The van der Waals surface area contributed by atoms with Gasteiger partial charge in [-0.05, 0) is 31.6 Å². The minimum atomic E-state index is -3.47. The zero-order chi connectivity index (χ0) is 13.2. The number of likely N-dealkylation sites (tertiary alicyclic amines) is 1. The van der Waals surface area contributed by atoms with Crippen molar-refractivity contribution in [2.24, 2.45) is 5.73 Å². The van der Waals surface area contributed by atoms with Gasteiger partial charge in [0.15, 0.2) is 0 Å². The van der Waals surface area contributed by atoms with Crippen LogP contribution in [0.1, 0.15) is 12.0 Å². The fraction of sp³-hybridized carbons (Fsp3) is 0.500. The maximum atomic E-state index is 12.3. The van der Waals surface area contributed by atoms with Gasteiger partial charge in [0.2, 0.25) is 10.0 Å². The fourth-order valence-corrected chi connectivity index (χ4v) is 3.76. The Bertz CT molecular complexity index is 516. The topological polar surface area (TPSA) is 75.4 Å². The zero-order valence-corrected chi connectivity index (χ0v) is 11.3. The second-order valence-electron chi connectivity index (χ2n) is 4.68. The third-order valence-electron chi connectivity index (χ3n) is 3.20. The molecule has 1 unspecified atom stereocenters. The van der Waals surface area contributed by atoms with Gasteiger partial charge in [-0.1, -0.05) is 18.2 Å². The number of likely N-dealkylation sites (N-methyl/N-ethyl adjacent to an activating group) is 1. The molecule has 100 valence electrons. The van der Waals surface area contributed by atoms with E-state index in [0.29, 0.717) is 10.5 Å². The van der Waals surface area contributed by atoms with E-state index in [1.807, 2.05) is 7.05 Å². The van der Waals surface area contributed by atoms with E-state index >= 15 is 0 Å². The molecule has 1 heterocycles. The molecule has 1 aliphatic rings. The van der Waals surface area contributed by atoms with E-state index in [2.05, 4.69) is 9.62 Å². The van der Waals surface area contributed by atoms with Gasteiger partial charge in [0.25, 0.3) is 0 Å². The lowest BCUT2D eigenvalue weighted by Gasteiger charge is -2.15. The number of sulfonamides is 1. The number of rotatable bonds is 4. The summed E-state index contributed by atoms with van der Waals surface area (Å²) in [5, 5.41) is 0. The lowest BCUT2D eigenvalue weighted by Crippen LogP contribution is -2.37. The van der Waals surface area contributed by atoms with Crippen LogP contribution < -0.4 is 10.5 Å². The molecule has 0 bridgehead atoms. The van der Waals surface area contributed by atoms with Crippen LogP contribution >= 0.6 is 0 Å². The molecule has 1 atom stereocenters. The highest BCUT2D eigenvalue weighted by molar-refractivity contribution is 7.89. The first-order valence-electron chi connectivity index (χ1n) is 6.02.